The molecule has 0 aliphatic rings. The van der Waals surface area contributed by atoms with E-state index in [4.69, 9.17) is 0 Å². The number of sulfonamides is 1. The minimum Gasteiger partial charge on any atom is -0.357 e. The first-order valence-electron chi connectivity index (χ1n) is 10.8. The fourth-order valence-electron chi connectivity index (χ4n) is 3.30. The summed E-state index contributed by atoms with van der Waals surface area (Å²) in [5, 5.41) is 11.1. The number of aromatic nitrogens is 2. The number of aliphatic imine (C=N–C) groups is 1. The van der Waals surface area contributed by atoms with Crippen LogP contribution in [0.25, 0.3) is 0 Å². The number of aryl methyl sites for hydroxylation is 3. The van der Waals surface area contributed by atoms with Crippen LogP contribution in [-0.2, 0) is 28.9 Å². The second-order valence-electron chi connectivity index (χ2n) is 7.93. The summed E-state index contributed by atoms with van der Waals surface area (Å²) < 4.78 is 29.3. The summed E-state index contributed by atoms with van der Waals surface area (Å²) in [5.41, 5.74) is 3.86. The highest BCUT2D eigenvalue weighted by molar-refractivity contribution is 7.88. The predicted molar refractivity (Wildman–Crippen MR) is 126 cm³/mol. The second kappa shape index (κ2) is 11.9. The maximum absolute atomic E-state index is 12.3. The molecular weight excluding hydrogens is 412 g/mol. The lowest BCUT2D eigenvalue weighted by molar-refractivity contribution is 0.555. The highest BCUT2D eigenvalue weighted by Gasteiger charge is 2.15. The van der Waals surface area contributed by atoms with Crippen LogP contribution in [0.15, 0.2) is 35.3 Å². The first kappa shape index (κ1) is 24.9. The van der Waals surface area contributed by atoms with E-state index in [1.165, 1.54) is 0 Å². The Morgan fingerprint density at radius 2 is 1.87 bits per heavy atom. The van der Waals surface area contributed by atoms with Crippen molar-refractivity contribution in [1.29, 1.82) is 0 Å². The van der Waals surface area contributed by atoms with Gasteiger partial charge in [-0.25, -0.2) is 18.1 Å². The van der Waals surface area contributed by atoms with Gasteiger partial charge in [-0.2, -0.15) is 5.10 Å². The third kappa shape index (κ3) is 8.70. The maximum atomic E-state index is 12.3. The van der Waals surface area contributed by atoms with Gasteiger partial charge >= 0.3 is 0 Å². The fraction of sp³-hybridized carbons (Fsp3) is 0.545. The quantitative estimate of drug-likeness (QED) is 0.279. The molecule has 172 valence electrons. The van der Waals surface area contributed by atoms with Crippen molar-refractivity contribution in [3.8, 4) is 0 Å². The van der Waals surface area contributed by atoms with Gasteiger partial charge in [0.25, 0.3) is 0 Å². The number of nitrogens with one attached hydrogen (secondary N) is 3. The molecule has 1 aromatic heterocycles. The van der Waals surface area contributed by atoms with Gasteiger partial charge in [-0.05, 0) is 58.2 Å². The van der Waals surface area contributed by atoms with E-state index in [9.17, 15) is 8.42 Å². The number of guanidine groups is 1. The van der Waals surface area contributed by atoms with Gasteiger partial charge in [0.1, 0.15) is 0 Å². The van der Waals surface area contributed by atoms with Gasteiger partial charge in [0.2, 0.25) is 10.0 Å². The van der Waals surface area contributed by atoms with Crippen molar-refractivity contribution in [3.63, 3.8) is 0 Å². The van der Waals surface area contributed by atoms with Crippen molar-refractivity contribution >= 4 is 16.0 Å². The first-order chi connectivity index (χ1) is 14.7. The van der Waals surface area contributed by atoms with Gasteiger partial charge in [-0.1, -0.05) is 24.3 Å². The lowest BCUT2D eigenvalue weighted by atomic mass is 10.1. The molecule has 2 aromatic rings. The highest BCUT2D eigenvalue weighted by Crippen LogP contribution is 2.13. The molecular formula is C22H36N6O2S. The molecule has 0 fully saturated rings. The van der Waals surface area contributed by atoms with Gasteiger partial charge in [0.15, 0.2) is 5.96 Å². The summed E-state index contributed by atoms with van der Waals surface area (Å²) in [5.74, 6) is 0.664. The van der Waals surface area contributed by atoms with Gasteiger partial charge in [-0.3, -0.25) is 4.68 Å². The Morgan fingerprint density at radius 1 is 1.16 bits per heavy atom. The molecule has 1 heterocycles. The first-order valence-corrected chi connectivity index (χ1v) is 12.5. The van der Waals surface area contributed by atoms with Crippen molar-refractivity contribution in [1.82, 2.24) is 25.1 Å². The number of benzene rings is 1. The van der Waals surface area contributed by atoms with E-state index in [1.807, 2.05) is 56.6 Å². The molecule has 8 nitrogen and oxygen atoms in total. The van der Waals surface area contributed by atoms with E-state index >= 15 is 0 Å². The molecule has 0 aliphatic carbocycles. The number of hydrogen-bond donors (Lipinski definition) is 3. The molecule has 9 heteroatoms. The summed E-state index contributed by atoms with van der Waals surface area (Å²) in [7, 11) is -3.39. The minimum absolute atomic E-state index is 0.0521. The Hall–Kier alpha value is -2.39. The van der Waals surface area contributed by atoms with E-state index in [0.29, 0.717) is 12.5 Å². The van der Waals surface area contributed by atoms with E-state index in [0.717, 1.165) is 48.6 Å². The van der Waals surface area contributed by atoms with Crippen LogP contribution in [0.3, 0.4) is 0 Å². The van der Waals surface area contributed by atoms with Gasteiger partial charge in [0, 0.05) is 31.4 Å². The smallest absolute Gasteiger partial charge is 0.216 e. The number of hydrogen-bond acceptors (Lipinski definition) is 4. The monoisotopic (exact) mass is 448 g/mol. The molecule has 0 atom stereocenters. The number of rotatable bonds is 11. The van der Waals surface area contributed by atoms with Crippen molar-refractivity contribution in [2.24, 2.45) is 4.99 Å². The predicted octanol–water partition coefficient (Wildman–Crippen LogP) is 2.47. The molecule has 3 N–H and O–H groups in total. The molecule has 31 heavy (non-hydrogen) atoms. The highest BCUT2D eigenvalue weighted by atomic mass is 32.2. The molecule has 0 spiro atoms. The largest absolute Gasteiger partial charge is 0.357 e. The maximum Gasteiger partial charge on any atom is 0.216 e. The topological polar surface area (TPSA) is 100 Å². The van der Waals surface area contributed by atoms with Crippen molar-refractivity contribution < 1.29 is 8.42 Å². The standard InChI is InChI=1S/C22H36N6O2S/c1-6-23-22(24-12-9-13-28-19(5)14-18(4)26-28)25-15-20-10-7-8-11-21(20)16-31(29,30)27-17(2)3/h7-8,10-11,14,17,27H,6,9,12-13,15-16H2,1-5H3,(H2,23,24,25). The average molecular weight is 449 g/mol. The molecule has 0 unspecified atom stereocenters. The van der Waals surface area contributed by atoms with Crippen LogP contribution >= 0.6 is 0 Å². The Bertz CT molecular complexity index is 966. The fourth-order valence-corrected chi connectivity index (χ4v) is 4.79. The minimum atomic E-state index is -3.39. The molecule has 2 rings (SSSR count). The molecule has 1 aromatic carbocycles. The zero-order valence-corrected chi connectivity index (χ0v) is 20.1. The van der Waals surface area contributed by atoms with Gasteiger partial charge in [0.05, 0.1) is 18.0 Å². The van der Waals surface area contributed by atoms with Crippen LogP contribution in [0, 0.1) is 13.8 Å². The van der Waals surface area contributed by atoms with E-state index in [1.54, 1.807) is 0 Å². The average Bonchev–Trinajstić information content (AvgIpc) is 2.99. The molecule has 0 saturated heterocycles. The van der Waals surface area contributed by atoms with Gasteiger partial charge < -0.3 is 10.6 Å². The SMILES string of the molecule is CCNC(=NCc1ccccc1CS(=O)(=O)NC(C)C)NCCCn1nc(C)cc1C. The molecule has 0 bridgehead atoms. The summed E-state index contributed by atoms with van der Waals surface area (Å²) in [6.45, 7) is 12.5. The Kier molecular flexibility index (Phi) is 9.51. The van der Waals surface area contributed by atoms with Crippen LogP contribution in [0.2, 0.25) is 0 Å². The van der Waals surface area contributed by atoms with Crippen LogP contribution in [-0.4, -0.2) is 43.3 Å². The van der Waals surface area contributed by atoms with Crippen LogP contribution in [0.4, 0.5) is 0 Å². The molecule has 0 amide bonds. The molecule has 0 saturated carbocycles. The Balaban J connectivity index is 1.97. The van der Waals surface area contributed by atoms with Crippen molar-refractivity contribution in [2.45, 2.75) is 65.9 Å². The van der Waals surface area contributed by atoms with Gasteiger partial charge in [-0.15, -0.1) is 0 Å². The summed E-state index contributed by atoms with van der Waals surface area (Å²) in [6.07, 6.45) is 0.919. The second-order valence-corrected chi connectivity index (χ2v) is 9.68. The third-order valence-corrected chi connectivity index (χ3v) is 6.09. The summed E-state index contributed by atoms with van der Waals surface area (Å²) in [4.78, 5) is 4.66. The lowest BCUT2D eigenvalue weighted by Gasteiger charge is -2.14. The van der Waals surface area contributed by atoms with Crippen LogP contribution < -0.4 is 15.4 Å². The van der Waals surface area contributed by atoms with Crippen molar-refractivity contribution in [3.05, 3.63) is 52.8 Å². The normalized spacial score (nSPS) is 12.4. The Morgan fingerprint density at radius 3 is 2.48 bits per heavy atom. The van der Waals surface area contributed by atoms with E-state index in [2.05, 4.69) is 38.4 Å². The molecule has 0 radical (unpaired) electrons. The zero-order chi connectivity index (χ0) is 22.9. The van der Waals surface area contributed by atoms with Crippen molar-refractivity contribution in [2.75, 3.05) is 13.1 Å². The summed E-state index contributed by atoms with van der Waals surface area (Å²) in [6, 6.07) is 9.48. The third-order valence-electron chi connectivity index (χ3n) is 4.57. The van der Waals surface area contributed by atoms with Crippen LogP contribution in [0.5, 0.6) is 0 Å². The van der Waals surface area contributed by atoms with E-state index in [-0.39, 0.29) is 11.8 Å². The zero-order valence-electron chi connectivity index (χ0n) is 19.3. The van der Waals surface area contributed by atoms with Crippen LogP contribution in [0.1, 0.15) is 49.7 Å². The summed E-state index contributed by atoms with van der Waals surface area (Å²) >= 11 is 0. The van der Waals surface area contributed by atoms with E-state index < -0.39 is 10.0 Å². The Labute approximate surface area is 186 Å². The number of nitrogens with zero attached hydrogens (tertiary/aromatic N) is 3. The molecule has 0 aliphatic heterocycles. The lowest BCUT2D eigenvalue weighted by Crippen LogP contribution is -2.38.